The van der Waals surface area contributed by atoms with Crippen molar-refractivity contribution in [1.82, 2.24) is 4.31 Å². The highest BCUT2D eigenvalue weighted by Gasteiger charge is 2.32. The molecule has 2 aliphatic rings. The Hall–Kier alpha value is -3.02. The Kier molecular flexibility index (Phi) is 6.13. The number of carbonyl (C=O) groups excluding carboxylic acids is 2. The number of carbonyl (C=O) groups is 2. The van der Waals surface area contributed by atoms with Crippen molar-refractivity contribution in [3.63, 3.8) is 0 Å². The molecule has 0 atom stereocenters. The van der Waals surface area contributed by atoms with E-state index in [9.17, 15) is 22.4 Å². The van der Waals surface area contributed by atoms with Crippen LogP contribution in [0.2, 0.25) is 0 Å². The molecule has 0 aromatic heterocycles. The number of nitrogens with zero attached hydrogens (tertiary/aromatic N) is 2. The zero-order valence-electron chi connectivity index (χ0n) is 17.3. The minimum absolute atomic E-state index is 0.00348. The molecular weight excluding hydrogens is 441 g/mol. The molecule has 2 aromatic rings. The molecule has 9 nitrogen and oxygen atoms in total. The number of halogens is 1. The van der Waals surface area contributed by atoms with Gasteiger partial charge in [-0.05, 0) is 48.9 Å². The molecule has 2 aliphatic heterocycles. The monoisotopic (exact) mass is 463 g/mol. The Morgan fingerprint density at radius 1 is 1.16 bits per heavy atom. The van der Waals surface area contributed by atoms with E-state index in [0.717, 1.165) is 0 Å². The van der Waals surface area contributed by atoms with Gasteiger partial charge in [0.05, 0.1) is 23.8 Å². The van der Waals surface area contributed by atoms with E-state index in [4.69, 9.17) is 9.47 Å². The summed E-state index contributed by atoms with van der Waals surface area (Å²) >= 11 is 0. The Labute approximate surface area is 184 Å². The lowest BCUT2D eigenvalue weighted by atomic mass is 10.2. The SMILES string of the molecule is Cc1cc(F)ccc1NC(=O)CN1C(=O)COc2ccc(S(=O)(=O)N3CCOCC3)cc21. The van der Waals surface area contributed by atoms with Crippen molar-refractivity contribution in [2.75, 3.05) is 49.7 Å². The number of hydrogen-bond donors (Lipinski definition) is 1. The average Bonchev–Trinajstić information content (AvgIpc) is 2.78. The van der Waals surface area contributed by atoms with Crippen LogP contribution in [0.5, 0.6) is 5.75 Å². The molecule has 2 heterocycles. The van der Waals surface area contributed by atoms with Crippen molar-refractivity contribution >= 4 is 33.2 Å². The quantitative estimate of drug-likeness (QED) is 0.721. The van der Waals surface area contributed by atoms with Crippen LogP contribution in [0.3, 0.4) is 0 Å². The largest absolute Gasteiger partial charge is 0.482 e. The van der Waals surface area contributed by atoms with E-state index in [1.54, 1.807) is 6.92 Å². The van der Waals surface area contributed by atoms with E-state index in [1.807, 2.05) is 0 Å². The van der Waals surface area contributed by atoms with E-state index in [0.29, 0.717) is 30.2 Å². The lowest BCUT2D eigenvalue weighted by Crippen LogP contribution is -2.44. The summed E-state index contributed by atoms with van der Waals surface area (Å²) in [7, 11) is -3.80. The molecule has 170 valence electrons. The molecule has 32 heavy (non-hydrogen) atoms. The second-order valence-corrected chi connectivity index (χ2v) is 9.36. The van der Waals surface area contributed by atoms with Crippen molar-refractivity contribution in [3.05, 3.63) is 47.8 Å². The molecule has 11 heteroatoms. The second-order valence-electron chi connectivity index (χ2n) is 7.42. The number of morpholine rings is 1. The van der Waals surface area contributed by atoms with Gasteiger partial charge >= 0.3 is 0 Å². The van der Waals surface area contributed by atoms with Gasteiger partial charge in [-0.15, -0.1) is 0 Å². The van der Waals surface area contributed by atoms with E-state index in [-0.39, 0.29) is 36.8 Å². The van der Waals surface area contributed by atoms with Crippen molar-refractivity contribution < 1.29 is 31.9 Å². The second kappa shape index (κ2) is 8.85. The van der Waals surface area contributed by atoms with Gasteiger partial charge in [0.25, 0.3) is 5.91 Å². The summed E-state index contributed by atoms with van der Waals surface area (Å²) in [6.45, 7) is 2.10. The topological polar surface area (TPSA) is 105 Å². The lowest BCUT2D eigenvalue weighted by Gasteiger charge is -2.30. The molecule has 0 radical (unpaired) electrons. The van der Waals surface area contributed by atoms with Gasteiger partial charge in [-0.3, -0.25) is 14.5 Å². The first-order valence-corrected chi connectivity index (χ1v) is 11.4. The first kappa shape index (κ1) is 22.2. The molecule has 4 rings (SSSR count). The van der Waals surface area contributed by atoms with Crippen molar-refractivity contribution in [1.29, 1.82) is 0 Å². The van der Waals surface area contributed by atoms with Gasteiger partial charge in [0.15, 0.2) is 6.61 Å². The number of nitrogens with one attached hydrogen (secondary N) is 1. The van der Waals surface area contributed by atoms with Crippen LogP contribution in [0.15, 0.2) is 41.3 Å². The van der Waals surface area contributed by atoms with Crippen LogP contribution in [0.1, 0.15) is 5.56 Å². The van der Waals surface area contributed by atoms with Gasteiger partial charge in [0.2, 0.25) is 15.9 Å². The number of rotatable bonds is 5. The summed E-state index contributed by atoms with van der Waals surface area (Å²) in [4.78, 5) is 26.3. The third-order valence-electron chi connectivity index (χ3n) is 5.25. The Morgan fingerprint density at radius 3 is 2.62 bits per heavy atom. The van der Waals surface area contributed by atoms with Gasteiger partial charge in [-0.25, -0.2) is 12.8 Å². The third-order valence-corrected chi connectivity index (χ3v) is 7.14. The Balaban J connectivity index is 1.59. The first-order chi connectivity index (χ1) is 15.3. The molecule has 0 aliphatic carbocycles. The van der Waals surface area contributed by atoms with Crippen LogP contribution in [-0.2, 0) is 24.3 Å². The summed E-state index contributed by atoms with van der Waals surface area (Å²) < 4.78 is 51.3. The molecular formula is C21H22FN3O6S. The minimum Gasteiger partial charge on any atom is -0.482 e. The molecule has 2 amide bonds. The highest BCUT2D eigenvalue weighted by Crippen LogP contribution is 2.35. The van der Waals surface area contributed by atoms with Crippen molar-refractivity contribution in [2.45, 2.75) is 11.8 Å². The average molecular weight is 463 g/mol. The molecule has 0 saturated carbocycles. The van der Waals surface area contributed by atoms with Gasteiger partial charge < -0.3 is 14.8 Å². The third kappa shape index (κ3) is 4.45. The van der Waals surface area contributed by atoms with E-state index in [2.05, 4.69) is 5.32 Å². The van der Waals surface area contributed by atoms with Gasteiger partial charge in [-0.2, -0.15) is 4.31 Å². The van der Waals surface area contributed by atoms with Crippen LogP contribution in [0.25, 0.3) is 0 Å². The van der Waals surface area contributed by atoms with Crippen LogP contribution in [0, 0.1) is 12.7 Å². The van der Waals surface area contributed by atoms with Crippen LogP contribution < -0.4 is 15.0 Å². The van der Waals surface area contributed by atoms with Crippen molar-refractivity contribution in [3.8, 4) is 5.75 Å². The van der Waals surface area contributed by atoms with Gasteiger partial charge in [-0.1, -0.05) is 0 Å². The summed E-state index contributed by atoms with van der Waals surface area (Å²) in [5.41, 5.74) is 1.15. The maximum Gasteiger partial charge on any atom is 0.265 e. The van der Waals surface area contributed by atoms with Gasteiger partial charge in [0.1, 0.15) is 18.1 Å². The number of anilines is 2. The maximum absolute atomic E-state index is 13.3. The summed E-state index contributed by atoms with van der Waals surface area (Å²) in [6, 6.07) is 8.18. The number of fused-ring (bicyclic) bond motifs is 1. The summed E-state index contributed by atoms with van der Waals surface area (Å²) in [5, 5.41) is 2.65. The molecule has 0 bridgehead atoms. The highest BCUT2D eigenvalue weighted by atomic mass is 32.2. The molecule has 1 fully saturated rings. The summed E-state index contributed by atoms with van der Waals surface area (Å²) in [5.74, 6) is -1.12. The fourth-order valence-electron chi connectivity index (χ4n) is 3.55. The molecule has 0 spiro atoms. The Morgan fingerprint density at radius 2 is 1.91 bits per heavy atom. The lowest BCUT2D eigenvalue weighted by molar-refractivity contribution is -0.123. The Bertz CT molecular complexity index is 1160. The fourth-order valence-corrected chi connectivity index (χ4v) is 4.98. The number of amides is 2. The number of aryl methyl sites for hydroxylation is 1. The highest BCUT2D eigenvalue weighted by molar-refractivity contribution is 7.89. The smallest absolute Gasteiger partial charge is 0.265 e. The van der Waals surface area contributed by atoms with Crippen LogP contribution >= 0.6 is 0 Å². The number of hydrogen-bond acceptors (Lipinski definition) is 6. The van der Waals surface area contributed by atoms with E-state index in [1.165, 1.54) is 45.6 Å². The number of benzene rings is 2. The molecule has 0 unspecified atom stereocenters. The van der Waals surface area contributed by atoms with Gasteiger partial charge in [0, 0.05) is 18.8 Å². The normalized spacial score (nSPS) is 16.9. The predicted molar refractivity (Wildman–Crippen MR) is 114 cm³/mol. The maximum atomic E-state index is 13.3. The predicted octanol–water partition coefficient (Wildman–Crippen LogP) is 1.52. The molecule has 2 aromatic carbocycles. The molecule has 1 N–H and O–H groups in total. The minimum atomic E-state index is -3.80. The van der Waals surface area contributed by atoms with E-state index >= 15 is 0 Å². The van der Waals surface area contributed by atoms with E-state index < -0.39 is 27.7 Å². The molecule has 1 saturated heterocycles. The summed E-state index contributed by atoms with van der Waals surface area (Å²) in [6.07, 6.45) is 0. The van der Waals surface area contributed by atoms with Crippen molar-refractivity contribution in [2.24, 2.45) is 0 Å². The van der Waals surface area contributed by atoms with Crippen LogP contribution in [-0.4, -0.2) is 64.0 Å². The number of ether oxygens (including phenoxy) is 2. The fraction of sp³-hybridized carbons (Fsp3) is 0.333. The zero-order chi connectivity index (χ0) is 22.9. The number of sulfonamides is 1. The standard InChI is InChI=1S/C21H22FN3O6S/c1-14-10-15(22)2-4-17(14)23-20(26)12-25-18-11-16(3-5-19(18)31-13-21(25)27)32(28,29)24-6-8-30-9-7-24/h2-5,10-11H,6-9,12-13H2,1H3,(H,23,26). The zero-order valence-corrected chi connectivity index (χ0v) is 18.2. The van der Waals surface area contributed by atoms with Crippen LogP contribution in [0.4, 0.5) is 15.8 Å². The first-order valence-electron chi connectivity index (χ1n) is 9.97.